The number of hydrogen-bond donors (Lipinski definition) is 1. The molecule has 136 valence electrons. The summed E-state index contributed by atoms with van der Waals surface area (Å²) in [7, 11) is 3.39. The third-order valence-electron chi connectivity index (χ3n) is 4.03. The quantitative estimate of drug-likeness (QED) is 0.439. The van der Waals surface area contributed by atoms with E-state index in [9.17, 15) is 0 Å². The Kier molecular flexibility index (Phi) is 7.81. The molecule has 0 bridgehead atoms. The molecule has 0 spiro atoms. The van der Waals surface area contributed by atoms with Gasteiger partial charge in [0.1, 0.15) is 11.6 Å². The fraction of sp³-hybridized carbons (Fsp3) is 0.444. The normalized spacial score (nSPS) is 12.9. The fourth-order valence-electron chi connectivity index (χ4n) is 2.77. The molecule has 25 heavy (non-hydrogen) atoms. The van der Waals surface area contributed by atoms with Crippen molar-refractivity contribution in [2.75, 3.05) is 31.9 Å². The van der Waals surface area contributed by atoms with Gasteiger partial charge in [0, 0.05) is 24.1 Å². The number of fused-ring (bicyclic) bond motifs is 1. The van der Waals surface area contributed by atoms with Gasteiger partial charge in [-0.3, -0.25) is 0 Å². The van der Waals surface area contributed by atoms with E-state index >= 15 is 0 Å². The van der Waals surface area contributed by atoms with Gasteiger partial charge in [-0.2, -0.15) is 0 Å². The molecule has 0 atom stereocenters. The number of ether oxygens (including phenoxy) is 2. The molecule has 0 saturated carbocycles. The second-order valence-electron chi connectivity index (χ2n) is 5.68. The number of halogens is 1. The van der Waals surface area contributed by atoms with E-state index in [-0.39, 0.29) is 12.4 Å². The summed E-state index contributed by atoms with van der Waals surface area (Å²) in [5.74, 6) is 2.64. The van der Waals surface area contributed by atoms with Crippen LogP contribution >= 0.6 is 24.2 Å². The Bertz CT molecular complexity index is 683. The number of methoxy groups -OCH3 is 2. The predicted octanol–water partition coefficient (Wildman–Crippen LogP) is 4.27. The van der Waals surface area contributed by atoms with Crippen molar-refractivity contribution in [3.63, 3.8) is 0 Å². The molecule has 2 aromatic rings. The van der Waals surface area contributed by atoms with Crippen molar-refractivity contribution in [1.29, 1.82) is 0 Å². The van der Waals surface area contributed by atoms with Crippen molar-refractivity contribution in [3.8, 4) is 5.75 Å². The minimum Gasteiger partial charge on any atom is -0.497 e. The highest BCUT2D eigenvalue weighted by Gasteiger charge is 2.18. The van der Waals surface area contributed by atoms with E-state index in [1.165, 1.54) is 24.1 Å². The molecule has 0 amide bonds. The van der Waals surface area contributed by atoms with Crippen LogP contribution < -0.4 is 10.1 Å². The summed E-state index contributed by atoms with van der Waals surface area (Å²) in [6.07, 6.45) is 4.47. The van der Waals surface area contributed by atoms with E-state index in [1.54, 1.807) is 26.0 Å². The van der Waals surface area contributed by atoms with Crippen LogP contribution in [0, 0.1) is 0 Å². The number of anilines is 2. The van der Waals surface area contributed by atoms with Gasteiger partial charge in [-0.1, -0.05) is 11.8 Å². The Balaban J connectivity index is 0.00000225. The van der Waals surface area contributed by atoms with Crippen LogP contribution in [0.4, 0.5) is 11.5 Å². The van der Waals surface area contributed by atoms with Crippen LogP contribution in [0.3, 0.4) is 0 Å². The van der Waals surface area contributed by atoms with Gasteiger partial charge >= 0.3 is 0 Å². The Morgan fingerprint density at radius 1 is 1.08 bits per heavy atom. The Morgan fingerprint density at radius 2 is 1.84 bits per heavy atom. The van der Waals surface area contributed by atoms with Gasteiger partial charge in [0.05, 0.1) is 19.4 Å². The van der Waals surface area contributed by atoms with Crippen molar-refractivity contribution in [2.24, 2.45) is 0 Å². The van der Waals surface area contributed by atoms with Gasteiger partial charge in [-0.25, -0.2) is 9.97 Å². The van der Waals surface area contributed by atoms with E-state index in [0.29, 0.717) is 6.61 Å². The van der Waals surface area contributed by atoms with E-state index < -0.39 is 0 Å². The van der Waals surface area contributed by atoms with Crippen LogP contribution in [-0.2, 0) is 17.6 Å². The van der Waals surface area contributed by atoms with E-state index in [2.05, 4.69) is 5.32 Å². The molecule has 1 N–H and O–H groups in total. The lowest BCUT2D eigenvalue weighted by Crippen LogP contribution is -2.12. The summed E-state index contributed by atoms with van der Waals surface area (Å²) >= 11 is 1.64. The molecule has 1 heterocycles. The predicted molar refractivity (Wildman–Crippen MR) is 105 cm³/mol. The molecule has 0 fully saturated rings. The zero-order valence-corrected chi connectivity index (χ0v) is 16.2. The summed E-state index contributed by atoms with van der Waals surface area (Å²) in [6.45, 7) is 0.701. The molecule has 0 radical (unpaired) electrons. The number of rotatable bonds is 7. The van der Waals surface area contributed by atoms with Crippen LogP contribution in [0.15, 0.2) is 29.4 Å². The number of nitrogens with zero attached hydrogens (tertiary/aromatic N) is 2. The molecule has 0 saturated heterocycles. The zero-order chi connectivity index (χ0) is 16.8. The summed E-state index contributed by atoms with van der Waals surface area (Å²) in [4.78, 5) is 9.50. The van der Waals surface area contributed by atoms with Crippen molar-refractivity contribution in [2.45, 2.75) is 30.8 Å². The number of nitrogens with one attached hydrogen (secondary N) is 1. The van der Waals surface area contributed by atoms with Crippen molar-refractivity contribution >= 4 is 35.7 Å². The molecule has 1 aromatic carbocycles. The number of aryl methyl sites for hydroxylation is 1. The SMILES string of the molecule is COCCSc1nc2c(c(Nc3ccc(OC)cc3)n1)CCCC2.Cl. The standard InChI is InChI=1S/C18H23N3O2S.ClH/c1-22-11-12-24-18-20-16-6-4-3-5-15(16)17(21-18)19-13-7-9-14(23-2)10-8-13;/h7-10H,3-6,11-12H2,1-2H3,(H,19,20,21);1H. The molecule has 1 aliphatic carbocycles. The lowest BCUT2D eigenvalue weighted by Gasteiger charge is -2.19. The number of aromatic nitrogens is 2. The van der Waals surface area contributed by atoms with Crippen molar-refractivity contribution in [3.05, 3.63) is 35.5 Å². The number of thioether (sulfide) groups is 1. The van der Waals surface area contributed by atoms with Gasteiger partial charge in [-0.05, 0) is 49.9 Å². The van der Waals surface area contributed by atoms with E-state index in [0.717, 1.165) is 41.0 Å². The van der Waals surface area contributed by atoms with Gasteiger partial charge in [0.25, 0.3) is 0 Å². The fourth-order valence-corrected chi connectivity index (χ4v) is 3.53. The second-order valence-corrected chi connectivity index (χ2v) is 6.74. The van der Waals surface area contributed by atoms with Crippen LogP contribution in [0.1, 0.15) is 24.1 Å². The third-order valence-corrected chi connectivity index (χ3v) is 4.85. The summed E-state index contributed by atoms with van der Waals surface area (Å²) in [5, 5.41) is 4.29. The Morgan fingerprint density at radius 3 is 2.56 bits per heavy atom. The van der Waals surface area contributed by atoms with Crippen molar-refractivity contribution in [1.82, 2.24) is 9.97 Å². The first kappa shape index (κ1) is 19.8. The van der Waals surface area contributed by atoms with Gasteiger partial charge in [-0.15, -0.1) is 12.4 Å². The molecule has 7 heteroatoms. The van der Waals surface area contributed by atoms with Gasteiger partial charge in [0.15, 0.2) is 5.16 Å². The van der Waals surface area contributed by atoms with Gasteiger partial charge < -0.3 is 14.8 Å². The van der Waals surface area contributed by atoms with E-state index in [4.69, 9.17) is 19.4 Å². The molecule has 1 aliphatic rings. The molecule has 1 aromatic heterocycles. The molecule has 0 unspecified atom stereocenters. The smallest absolute Gasteiger partial charge is 0.189 e. The lowest BCUT2D eigenvalue weighted by atomic mass is 9.96. The Labute approximate surface area is 159 Å². The van der Waals surface area contributed by atoms with Gasteiger partial charge in [0.2, 0.25) is 0 Å². The highest BCUT2D eigenvalue weighted by atomic mass is 35.5. The molecule has 3 rings (SSSR count). The topological polar surface area (TPSA) is 56.3 Å². The summed E-state index contributed by atoms with van der Waals surface area (Å²) in [6, 6.07) is 7.91. The maximum Gasteiger partial charge on any atom is 0.189 e. The maximum atomic E-state index is 5.22. The second kappa shape index (κ2) is 9.85. The lowest BCUT2D eigenvalue weighted by molar-refractivity contribution is 0.218. The van der Waals surface area contributed by atoms with Crippen LogP contribution in [0.5, 0.6) is 5.75 Å². The Hall–Kier alpha value is -1.50. The minimum atomic E-state index is 0. The highest BCUT2D eigenvalue weighted by molar-refractivity contribution is 7.99. The molecular formula is C18H24ClN3O2S. The minimum absolute atomic E-state index is 0. The molecular weight excluding hydrogens is 358 g/mol. The molecule has 0 aliphatic heterocycles. The average Bonchev–Trinajstić information content (AvgIpc) is 2.63. The maximum absolute atomic E-state index is 5.22. The largest absolute Gasteiger partial charge is 0.497 e. The first-order valence-corrected chi connectivity index (χ1v) is 9.21. The van der Waals surface area contributed by atoms with E-state index in [1.807, 2.05) is 24.3 Å². The first-order valence-electron chi connectivity index (χ1n) is 8.22. The number of benzene rings is 1. The molecule has 5 nitrogen and oxygen atoms in total. The number of hydrogen-bond acceptors (Lipinski definition) is 6. The van der Waals surface area contributed by atoms with Crippen LogP contribution in [0.25, 0.3) is 0 Å². The van der Waals surface area contributed by atoms with Crippen LogP contribution in [0.2, 0.25) is 0 Å². The highest BCUT2D eigenvalue weighted by Crippen LogP contribution is 2.30. The monoisotopic (exact) mass is 381 g/mol. The zero-order valence-electron chi connectivity index (χ0n) is 14.6. The summed E-state index contributed by atoms with van der Waals surface area (Å²) in [5.41, 5.74) is 3.45. The summed E-state index contributed by atoms with van der Waals surface area (Å²) < 4.78 is 10.3. The first-order chi connectivity index (χ1) is 11.8. The third kappa shape index (κ3) is 5.23. The van der Waals surface area contributed by atoms with Crippen molar-refractivity contribution < 1.29 is 9.47 Å². The van der Waals surface area contributed by atoms with Crippen LogP contribution in [-0.4, -0.2) is 36.5 Å². The average molecular weight is 382 g/mol.